The molecule has 13 nitrogen and oxygen atoms in total. The Morgan fingerprint density at radius 2 is 1.88 bits per heavy atom. The molecule has 2 aromatic carbocycles. The smallest absolute Gasteiger partial charge is 0.408 e. The molecular formula is C35H44N6O7. The number of aliphatic carboxylic acids is 1. The highest BCUT2D eigenvalue weighted by Gasteiger charge is 2.29. The van der Waals surface area contributed by atoms with Crippen molar-refractivity contribution < 1.29 is 33.8 Å². The summed E-state index contributed by atoms with van der Waals surface area (Å²) in [6.07, 6.45) is 6.73. The lowest BCUT2D eigenvalue weighted by Crippen LogP contribution is -2.54. The van der Waals surface area contributed by atoms with Gasteiger partial charge in [0.25, 0.3) is 0 Å². The van der Waals surface area contributed by atoms with Crippen molar-refractivity contribution in [3.63, 3.8) is 0 Å². The number of hydrogen-bond acceptors (Lipinski definition) is 9. The van der Waals surface area contributed by atoms with Gasteiger partial charge in [0, 0.05) is 25.1 Å². The van der Waals surface area contributed by atoms with E-state index in [2.05, 4.69) is 31.2 Å². The number of aromatic nitrogens is 2. The van der Waals surface area contributed by atoms with Gasteiger partial charge in [-0.05, 0) is 86.9 Å². The van der Waals surface area contributed by atoms with Crippen molar-refractivity contribution in [2.45, 2.75) is 70.7 Å². The molecule has 1 fully saturated rings. The number of nitrogens with zero attached hydrogens (tertiary/aromatic N) is 2. The standard InChI is InChI=1S/C35H44N6O7/c1-24-9-11-29(47-17-13-25-8-5-14-36-20-25)18-27(24)21-39-33(44)30(12-10-28-22-37-15-16-38-28)40-34(45)31(19-32(42)43)41-35(46)48-23-26-6-3-2-4-7-26/h2-4,6-7,9,11,15-16,18,22,25,30-31,36H,5,8,10,12-14,17,19-21,23H2,1H3,(H,39,44)(H,40,45)(H,41,46)(H,42,43)/t25?,30?,31-/m0/s1. The maximum atomic E-state index is 13.5. The molecule has 4 rings (SSSR count). The van der Waals surface area contributed by atoms with Crippen molar-refractivity contribution in [1.29, 1.82) is 0 Å². The zero-order valence-corrected chi connectivity index (χ0v) is 27.2. The van der Waals surface area contributed by atoms with Crippen LogP contribution in [0.2, 0.25) is 0 Å². The maximum absolute atomic E-state index is 13.5. The van der Waals surface area contributed by atoms with Crippen LogP contribution in [0.4, 0.5) is 4.79 Å². The van der Waals surface area contributed by atoms with E-state index in [1.165, 1.54) is 25.2 Å². The van der Waals surface area contributed by atoms with Crippen molar-refractivity contribution in [3.8, 4) is 5.75 Å². The number of alkyl carbamates (subject to hydrolysis) is 1. The van der Waals surface area contributed by atoms with E-state index >= 15 is 0 Å². The summed E-state index contributed by atoms with van der Waals surface area (Å²) in [7, 11) is 0. The number of rotatable bonds is 17. The minimum absolute atomic E-state index is 0.0686. The third-order valence-electron chi connectivity index (χ3n) is 8.11. The largest absolute Gasteiger partial charge is 0.494 e. The Bertz CT molecular complexity index is 1490. The van der Waals surface area contributed by atoms with E-state index in [1.54, 1.807) is 30.5 Å². The van der Waals surface area contributed by atoms with Crippen molar-refractivity contribution in [2.24, 2.45) is 5.92 Å². The Hall–Kier alpha value is -5.04. The predicted molar refractivity (Wildman–Crippen MR) is 177 cm³/mol. The lowest BCUT2D eigenvalue weighted by molar-refractivity contribution is -0.140. The first kappa shape index (κ1) is 35.8. The van der Waals surface area contributed by atoms with E-state index in [4.69, 9.17) is 9.47 Å². The summed E-state index contributed by atoms with van der Waals surface area (Å²) in [4.78, 5) is 59.2. The molecule has 5 N–H and O–H groups in total. The van der Waals surface area contributed by atoms with Crippen molar-refractivity contribution >= 4 is 23.9 Å². The lowest BCUT2D eigenvalue weighted by Gasteiger charge is -2.23. The van der Waals surface area contributed by atoms with Crippen LogP contribution in [0.15, 0.2) is 67.1 Å². The molecule has 0 bridgehead atoms. The number of aryl methyl sites for hydroxylation is 2. The van der Waals surface area contributed by atoms with Gasteiger partial charge in [-0.25, -0.2) is 4.79 Å². The molecule has 1 aromatic heterocycles. The molecule has 256 valence electrons. The van der Waals surface area contributed by atoms with Gasteiger partial charge in [0.1, 0.15) is 24.4 Å². The highest BCUT2D eigenvalue weighted by atomic mass is 16.5. The number of benzene rings is 2. The molecule has 2 heterocycles. The first-order chi connectivity index (χ1) is 23.3. The van der Waals surface area contributed by atoms with E-state index < -0.39 is 42.4 Å². The average molecular weight is 661 g/mol. The quantitative estimate of drug-likeness (QED) is 0.144. The van der Waals surface area contributed by atoms with Gasteiger partial charge in [0.05, 0.1) is 18.7 Å². The van der Waals surface area contributed by atoms with Crippen molar-refractivity contribution in [3.05, 3.63) is 89.5 Å². The molecule has 48 heavy (non-hydrogen) atoms. The number of nitrogens with one attached hydrogen (secondary N) is 4. The summed E-state index contributed by atoms with van der Waals surface area (Å²) in [5.74, 6) is -1.33. The minimum Gasteiger partial charge on any atom is -0.494 e. The Morgan fingerprint density at radius 3 is 2.60 bits per heavy atom. The van der Waals surface area contributed by atoms with Crippen molar-refractivity contribution in [1.82, 2.24) is 31.2 Å². The van der Waals surface area contributed by atoms with Crippen LogP contribution in [-0.2, 0) is 38.7 Å². The molecule has 0 spiro atoms. The summed E-state index contributed by atoms with van der Waals surface area (Å²) >= 11 is 0. The lowest BCUT2D eigenvalue weighted by atomic mass is 9.97. The van der Waals surface area contributed by atoms with Gasteiger partial charge < -0.3 is 35.8 Å². The van der Waals surface area contributed by atoms with Crippen LogP contribution in [0.5, 0.6) is 5.75 Å². The van der Waals surface area contributed by atoms with Crippen LogP contribution in [0.1, 0.15) is 54.5 Å². The maximum Gasteiger partial charge on any atom is 0.408 e. The van der Waals surface area contributed by atoms with E-state index in [9.17, 15) is 24.3 Å². The third-order valence-corrected chi connectivity index (χ3v) is 8.11. The van der Waals surface area contributed by atoms with Gasteiger partial charge in [0.2, 0.25) is 11.8 Å². The van der Waals surface area contributed by atoms with Crippen LogP contribution in [0, 0.1) is 12.8 Å². The molecule has 1 aliphatic rings. The number of hydrogen-bond donors (Lipinski definition) is 5. The van der Waals surface area contributed by atoms with E-state index in [-0.39, 0.29) is 19.6 Å². The normalized spacial score (nSPS) is 15.4. The van der Waals surface area contributed by atoms with Crippen LogP contribution in [-0.4, -0.2) is 70.7 Å². The first-order valence-electron chi connectivity index (χ1n) is 16.2. The van der Waals surface area contributed by atoms with Crippen LogP contribution < -0.4 is 26.0 Å². The van der Waals surface area contributed by atoms with Crippen LogP contribution in [0.25, 0.3) is 0 Å². The fraction of sp³-hybridized carbons (Fsp3) is 0.429. The SMILES string of the molecule is Cc1ccc(OCCC2CCCNC2)cc1CNC(=O)C(CCc1cnccn1)NC(=O)[C@H](CC(=O)O)NC(=O)OCc1ccccc1. The Kier molecular flexibility index (Phi) is 14.1. The topological polar surface area (TPSA) is 181 Å². The number of carboxylic acid groups (broad SMARTS) is 1. The zero-order valence-electron chi connectivity index (χ0n) is 27.2. The second kappa shape index (κ2) is 18.9. The minimum atomic E-state index is -1.49. The van der Waals surface area contributed by atoms with Gasteiger partial charge in [0.15, 0.2) is 0 Å². The summed E-state index contributed by atoms with van der Waals surface area (Å²) in [5.41, 5.74) is 3.14. The fourth-order valence-corrected chi connectivity index (χ4v) is 5.33. The Labute approximate surface area is 280 Å². The van der Waals surface area contributed by atoms with Crippen LogP contribution in [0.3, 0.4) is 0 Å². The van der Waals surface area contributed by atoms with Crippen LogP contribution >= 0.6 is 0 Å². The molecule has 1 saturated heterocycles. The molecule has 0 radical (unpaired) electrons. The Balaban J connectivity index is 1.38. The summed E-state index contributed by atoms with van der Waals surface area (Å²) < 4.78 is 11.2. The number of carbonyl (C=O) groups is 4. The van der Waals surface area contributed by atoms with Gasteiger partial charge >= 0.3 is 12.1 Å². The van der Waals surface area contributed by atoms with E-state index in [1.807, 2.05) is 31.2 Å². The second-order valence-corrected chi connectivity index (χ2v) is 11.8. The molecular weight excluding hydrogens is 616 g/mol. The van der Waals surface area contributed by atoms with Gasteiger partial charge in [-0.2, -0.15) is 0 Å². The molecule has 13 heteroatoms. The average Bonchev–Trinajstić information content (AvgIpc) is 3.10. The number of carbonyl (C=O) groups excluding carboxylic acids is 3. The molecule has 3 aromatic rings. The molecule has 0 aliphatic carbocycles. The first-order valence-corrected chi connectivity index (χ1v) is 16.2. The molecule has 3 amide bonds. The molecule has 0 saturated carbocycles. The van der Waals surface area contributed by atoms with Gasteiger partial charge in [-0.3, -0.25) is 24.4 Å². The highest BCUT2D eigenvalue weighted by Crippen LogP contribution is 2.20. The van der Waals surface area contributed by atoms with Crippen molar-refractivity contribution in [2.75, 3.05) is 19.7 Å². The molecule has 3 atom stereocenters. The van der Waals surface area contributed by atoms with E-state index in [0.717, 1.165) is 36.2 Å². The number of ether oxygens (including phenoxy) is 2. The third kappa shape index (κ3) is 12.3. The number of piperidine rings is 1. The number of amides is 3. The highest BCUT2D eigenvalue weighted by molar-refractivity contribution is 5.93. The monoisotopic (exact) mass is 660 g/mol. The van der Waals surface area contributed by atoms with Gasteiger partial charge in [-0.1, -0.05) is 36.4 Å². The molecule has 1 aliphatic heterocycles. The second-order valence-electron chi connectivity index (χ2n) is 11.8. The predicted octanol–water partition coefficient (Wildman–Crippen LogP) is 3.06. The fourth-order valence-electron chi connectivity index (χ4n) is 5.33. The van der Waals surface area contributed by atoms with Gasteiger partial charge in [-0.15, -0.1) is 0 Å². The summed E-state index contributed by atoms with van der Waals surface area (Å²) in [6, 6.07) is 12.1. The molecule has 2 unspecified atom stereocenters. The Morgan fingerprint density at radius 1 is 1.04 bits per heavy atom. The summed E-state index contributed by atoms with van der Waals surface area (Å²) in [6.45, 7) is 4.72. The zero-order chi connectivity index (χ0) is 34.1. The summed E-state index contributed by atoms with van der Waals surface area (Å²) in [5, 5.41) is 20.7. The number of carboxylic acids is 1. The van der Waals surface area contributed by atoms with E-state index in [0.29, 0.717) is 30.4 Å².